The molecule has 0 aliphatic rings. The maximum absolute atomic E-state index is 11.4. The van der Waals surface area contributed by atoms with Crippen LogP contribution in [0.3, 0.4) is 0 Å². The highest BCUT2D eigenvalue weighted by Gasteiger charge is 2.15. The Kier molecular flexibility index (Phi) is 19.9. The van der Waals surface area contributed by atoms with Crippen molar-refractivity contribution in [2.45, 2.75) is 142 Å². The standard InChI is InChI=1S/C24H46O4/c1-3-4-5-6-7-8-9-10-11-12-13-14-15-16-17-18-19-20-21-23(25)28-22(2)24(26)27/h22H,3-21H2,1-2H3,(H,26,27). The first kappa shape index (κ1) is 26.9. The second kappa shape index (κ2) is 20.7. The Morgan fingerprint density at radius 1 is 0.643 bits per heavy atom. The van der Waals surface area contributed by atoms with Gasteiger partial charge in [0.15, 0.2) is 6.10 Å². The van der Waals surface area contributed by atoms with E-state index in [1.807, 2.05) is 0 Å². The summed E-state index contributed by atoms with van der Waals surface area (Å²) in [5.74, 6) is -1.49. The molecule has 4 heteroatoms. The number of aliphatic carboxylic acids is 1. The van der Waals surface area contributed by atoms with Gasteiger partial charge in [0.1, 0.15) is 0 Å². The normalized spacial score (nSPS) is 12.1. The molecule has 0 spiro atoms. The van der Waals surface area contributed by atoms with E-state index in [-0.39, 0.29) is 0 Å². The van der Waals surface area contributed by atoms with E-state index in [4.69, 9.17) is 9.84 Å². The van der Waals surface area contributed by atoms with Gasteiger partial charge in [0.25, 0.3) is 0 Å². The van der Waals surface area contributed by atoms with Gasteiger partial charge < -0.3 is 9.84 Å². The molecule has 0 aliphatic carbocycles. The monoisotopic (exact) mass is 398 g/mol. The zero-order valence-corrected chi connectivity index (χ0v) is 18.7. The third-order valence-electron chi connectivity index (χ3n) is 5.39. The molecule has 0 aromatic carbocycles. The van der Waals surface area contributed by atoms with Crippen LogP contribution in [0.5, 0.6) is 0 Å². The summed E-state index contributed by atoms with van der Waals surface area (Å²) in [5, 5.41) is 8.68. The van der Waals surface area contributed by atoms with Gasteiger partial charge in [-0.3, -0.25) is 4.79 Å². The molecule has 0 saturated heterocycles. The van der Waals surface area contributed by atoms with E-state index in [2.05, 4.69) is 6.92 Å². The Balaban J connectivity index is 3.16. The Hall–Kier alpha value is -1.06. The summed E-state index contributed by atoms with van der Waals surface area (Å²) in [6, 6.07) is 0. The lowest BCUT2D eigenvalue weighted by molar-refractivity contribution is -0.162. The third kappa shape index (κ3) is 19.7. The minimum Gasteiger partial charge on any atom is -0.479 e. The number of ether oxygens (including phenoxy) is 1. The van der Waals surface area contributed by atoms with Gasteiger partial charge in [-0.15, -0.1) is 0 Å². The van der Waals surface area contributed by atoms with Crippen LogP contribution in [-0.2, 0) is 14.3 Å². The van der Waals surface area contributed by atoms with Crippen molar-refractivity contribution < 1.29 is 19.4 Å². The number of carboxylic acids is 1. The number of carboxylic acid groups (broad SMARTS) is 1. The number of carbonyl (C=O) groups excluding carboxylic acids is 1. The minimum atomic E-state index is -1.09. The van der Waals surface area contributed by atoms with Crippen molar-refractivity contribution in [1.29, 1.82) is 0 Å². The fraction of sp³-hybridized carbons (Fsp3) is 0.917. The summed E-state index contributed by atoms with van der Waals surface area (Å²) in [6.45, 7) is 3.66. The topological polar surface area (TPSA) is 63.6 Å². The highest BCUT2D eigenvalue weighted by molar-refractivity contribution is 5.77. The van der Waals surface area contributed by atoms with Gasteiger partial charge in [-0.05, 0) is 13.3 Å². The molecule has 1 atom stereocenters. The summed E-state index contributed by atoms with van der Waals surface area (Å²) in [6.07, 6.45) is 23.0. The van der Waals surface area contributed by atoms with Crippen LogP contribution >= 0.6 is 0 Å². The van der Waals surface area contributed by atoms with Crippen LogP contribution in [0, 0.1) is 0 Å². The molecule has 0 heterocycles. The quantitative estimate of drug-likeness (QED) is 0.161. The molecule has 0 saturated carbocycles. The molecule has 1 unspecified atom stereocenters. The average Bonchev–Trinajstić information content (AvgIpc) is 2.66. The lowest BCUT2D eigenvalue weighted by Crippen LogP contribution is -2.23. The van der Waals surface area contributed by atoms with Gasteiger partial charge in [-0.1, -0.05) is 116 Å². The summed E-state index contributed by atoms with van der Waals surface area (Å²) in [5.41, 5.74) is 0. The van der Waals surface area contributed by atoms with E-state index in [0.29, 0.717) is 6.42 Å². The Morgan fingerprint density at radius 3 is 1.29 bits per heavy atom. The Morgan fingerprint density at radius 2 is 0.964 bits per heavy atom. The molecule has 1 N–H and O–H groups in total. The molecule has 28 heavy (non-hydrogen) atoms. The smallest absolute Gasteiger partial charge is 0.344 e. The largest absolute Gasteiger partial charge is 0.479 e. The predicted octanol–water partition coefficient (Wildman–Crippen LogP) is 7.43. The minimum absolute atomic E-state index is 0.330. The van der Waals surface area contributed by atoms with Crippen molar-refractivity contribution in [3.8, 4) is 0 Å². The van der Waals surface area contributed by atoms with Crippen molar-refractivity contribution in [2.75, 3.05) is 0 Å². The Labute approximate surface area is 173 Å². The summed E-state index contributed by atoms with van der Waals surface area (Å²) in [4.78, 5) is 22.0. The zero-order valence-electron chi connectivity index (χ0n) is 18.7. The molecule has 0 rings (SSSR count). The molecule has 0 aromatic heterocycles. The third-order valence-corrected chi connectivity index (χ3v) is 5.39. The van der Waals surface area contributed by atoms with E-state index < -0.39 is 18.0 Å². The second-order valence-corrected chi connectivity index (χ2v) is 8.23. The van der Waals surface area contributed by atoms with E-state index in [1.54, 1.807) is 0 Å². The Bertz CT molecular complexity index is 368. The highest BCUT2D eigenvalue weighted by Crippen LogP contribution is 2.14. The first-order valence-electron chi connectivity index (χ1n) is 12.0. The fourth-order valence-corrected chi connectivity index (χ4v) is 3.48. The number of rotatable bonds is 21. The molecule has 166 valence electrons. The number of carbonyl (C=O) groups is 2. The van der Waals surface area contributed by atoms with Crippen LogP contribution < -0.4 is 0 Å². The average molecular weight is 399 g/mol. The molecule has 0 fully saturated rings. The highest BCUT2D eigenvalue weighted by atomic mass is 16.6. The number of hydrogen-bond acceptors (Lipinski definition) is 3. The van der Waals surface area contributed by atoms with Gasteiger partial charge in [-0.25, -0.2) is 4.79 Å². The molecule has 0 amide bonds. The molecule has 4 nitrogen and oxygen atoms in total. The first-order chi connectivity index (χ1) is 13.6. The number of hydrogen-bond donors (Lipinski definition) is 1. The zero-order chi connectivity index (χ0) is 20.9. The number of esters is 1. The summed E-state index contributed by atoms with van der Waals surface area (Å²) in [7, 11) is 0. The van der Waals surface area contributed by atoms with Crippen molar-refractivity contribution in [3.05, 3.63) is 0 Å². The maximum atomic E-state index is 11.4. The van der Waals surface area contributed by atoms with Gasteiger partial charge in [0, 0.05) is 6.42 Å². The number of unbranched alkanes of at least 4 members (excludes halogenated alkanes) is 17. The first-order valence-corrected chi connectivity index (χ1v) is 12.0. The molecule has 0 aromatic rings. The molecule has 0 radical (unpaired) electrons. The van der Waals surface area contributed by atoms with Crippen LogP contribution in [0.4, 0.5) is 0 Å². The SMILES string of the molecule is CCCCCCCCCCCCCCCCCCCCC(=O)OC(C)C(=O)O. The molecular weight excluding hydrogens is 352 g/mol. The fourth-order valence-electron chi connectivity index (χ4n) is 3.48. The van der Waals surface area contributed by atoms with Gasteiger partial charge in [0.05, 0.1) is 0 Å². The van der Waals surface area contributed by atoms with E-state index in [9.17, 15) is 9.59 Å². The van der Waals surface area contributed by atoms with E-state index in [1.165, 1.54) is 103 Å². The van der Waals surface area contributed by atoms with E-state index in [0.717, 1.165) is 19.3 Å². The molecular formula is C24H46O4. The van der Waals surface area contributed by atoms with Crippen LogP contribution in [0.1, 0.15) is 136 Å². The predicted molar refractivity (Wildman–Crippen MR) is 117 cm³/mol. The molecule has 0 aliphatic heterocycles. The van der Waals surface area contributed by atoms with Crippen molar-refractivity contribution in [1.82, 2.24) is 0 Å². The van der Waals surface area contributed by atoms with Gasteiger partial charge in [0.2, 0.25) is 0 Å². The van der Waals surface area contributed by atoms with Gasteiger partial charge in [-0.2, -0.15) is 0 Å². The lowest BCUT2D eigenvalue weighted by Gasteiger charge is -2.08. The van der Waals surface area contributed by atoms with Gasteiger partial charge >= 0.3 is 11.9 Å². The van der Waals surface area contributed by atoms with E-state index >= 15 is 0 Å². The van der Waals surface area contributed by atoms with Crippen LogP contribution in [0.15, 0.2) is 0 Å². The second-order valence-electron chi connectivity index (χ2n) is 8.23. The summed E-state index contributed by atoms with van der Waals surface area (Å²) >= 11 is 0. The van der Waals surface area contributed by atoms with Crippen molar-refractivity contribution in [2.24, 2.45) is 0 Å². The maximum Gasteiger partial charge on any atom is 0.344 e. The van der Waals surface area contributed by atoms with Crippen LogP contribution in [0.25, 0.3) is 0 Å². The lowest BCUT2D eigenvalue weighted by atomic mass is 10.0. The van der Waals surface area contributed by atoms with Crippen LogP contribution in [-0.4, -0.2) is 23.1 Å². The van der Waals surface area contributed by atoms with Crippen molar-refractivity contribution >= 4 is 11.9 Å². The summed E-state index contributed by atoms with van der Waals surface area (Å²) < 4.78 is 4.81. The van der Waals surface area contributed by atoms with Crippen LogP contribution in [0.2, 0.25) is 0 Å². The molecule has 0 bridgehead atoms. The van der Waals surface area contributed by atoms with Crippen molar-refractivity contribution in [3.63, 3.8) is 0 Å².